The van der Waals surface area contributed by atoms with Crippen LogP contribution in [0.1, 0.15) is 0 Å². The third kappa shape index (κ3) is 28.9. The van der Waals surface area contributed by atoms with Crippen LogP contribution in [0.25, 0.3) is 0 Å². The molecule has 4 fully saturated rings. The molecule has 11 aromatic rings. The molecule has 0 aliphatic heterocycles. The first-order valence-electron chi connectivity index (χ1n) is 30.1. The summed E-state index contributed by atoms with van der Waals surface area (Å²) in [5.74, 6) is 0. The van der Waals surface area contributed by atoms with Crippen molar-refractivity contribution in [2.75, 3.05) is 0 Å². The normalized spacial score (nSPS) is 14.0. The van der Waals surface area contributed by atoms with Crippen LogP contribution in [-0.2, 0) is 76.3 Å². The molecule has 478 valence electrons. The minimum Gasteiger partial charge on any atom is -0.319 e. The predicted molar refractivity (Wildman–Crippen MR) is 408 cm³/mol. The van der Waals surface area contributed by atoms with Crippen LogP contribution >= 0.6 is 63.5 Å². The van der Waals surface area contributed by atoms with Crippen LogP contribution in [0.5, 0.6) is 0 Å². The van der Waals surface area contributed by atoms with Crippen molar-refractivity contribution in [1.29, 1.82) is 0 Å². The topological polar surface area (TPSA) is 0 Å². The molecular weight excluding hydrogens is 1820 g/mol. The predicted octanol–water partition coefficient (Wildman–Crippen LogP) is 19.7. The van der Waals surface area contributed by atoms with Crippen LogP contribution in [0.2, 0.25) is 0 Å². The summed E-state index contributed by atoms with van der Waals surface area (Å²) < 4.78 is 2.21. The monoisotopic (exact) mass is 1880 g/mol. The first-order valence-corrected chi connectivity index (χ1v) is 37.1. The van der Waals surface area contributed by atoms with Crippen LogP contribution < -0.4 is 42.4 Å². The number of benzene rings is 11. The van der Waals surface area contributed by atoms with Gasteiger partial charge in [-0.3, -0.25) is 24.3 Å². The Morgan fingerprint density at radius 3 is 0.438 bits per heavy atom. The summed E-state index contributed by atoms with van der Waals surface area (Å²) >= 11 is 6.58. The van der Waals surface area contributed by atoms with Crippen molar-refractivity contribution >= 4 is 106 Å². The molecular formula is C86H68Br2Fe2P4Pt2+4. The molecule has 20 radical (unpaired) electrons. The first-order chi connectivity index (χ1) is 45.6. The molecule has 0 saturated heterocycles. The van der Waals surface area contributed by atoms with Crippen molar-refractivity contribution in [3.05, 3.63) is 474 Å². The first kappa shape index (κ1) is 83.2. The third-order valence-corrected chi connectivity index (χ3v) is 24.5. The maximum Gasteiger partial charge on any atom is 2.00 e. The van der Waals surface area contributed by atoms with Gasteiger partial charge in [0.05, 0.1) is 0 Å². The van der Waals surface area contributed by atoms with Crippen LogP contribution in [-0.4, -0.2) is 0 Å². The molecule has 0 N–H and O–H groups in total. The van der Waals surface area contributed by atoms with E-state index in [1.807, 2.05) is 72.8 Å². The largest absolute Gasteiger partial charge is 2.00 e. The Morgan fingerprint density at radius 1 is 0.188 bits per heavy atom. The van der Waals surface area contributed by atoms with Gasteiger partial charge in [-0.25, -0.2) is 0 Å². The second-order valence-corrected chi connectivity index (χ2v) is 30.7. The van der Waals surface area contributed by atoms with Crippen LogP contribution in [0.3, 0.4) is 0 Å². The van der Waals surface area contributed by atoms with Crippen molar-refractivity contribution in [3.8, 4) is 0 Å². The zero-order chi connectivity index (χ0) is 63.3. The van der Waals surface area contributed by atoms with E-state index in [1.165, 1.54) is 65.1 Å². The van der Waals surface area contributed by atoms with Gasteiger partial charge >= 0.3 is 76.3 Å². The molecule has 11 aromatic carbocycles. The maximum atomic E-state index is 3.29. The van der Waals surface area contributed by atoms with Gasteiger partial charge in [0, 0.05) is 22.6 Å². The van der Waals surface area contributed by atoms with E-state index in [4.69, 9.17) is 0 Å². The van der Waals surface area contributed by atoms with Crippen molar-refractivity contribution < 1.29 is 76.3 Å². The van der Waals surface area contributed by atoms with Crippen molar-refractivity contribution in [2.24, 2.45) is 0 Å². The molecule has 0 unspecified atom stereocenters. The van der Waals surface area contributed by atoms with E-state index in [-0.39, 0.29) is 76.3 Å². The molecule has 4 aliphatic rings. The number of halogens is 2. The smallest absolute Gasteiger partial charge is 0.319 e. The zero-order valence-corrected chi connectivity index (χ0v) is 65.6. The summed E-state index contributed by atoms with van der Waals surface area (Å²) in [7, 11) is -1.64. The number of rotatable bonds is 12. The molecule has 0 heterocycles. The van der Waals surface area contributed by atoms with Gasteiger partial charge in [0.1, 0.15) is 0 Å². The fourth-order valence-corrected chi connectivity index (χ4v) is 19.2. The standard InChI is InChI=1S/4C17H14P.2C6H4Br.C6H4.2Fe.2Pt/c4*1-3-9-15(10-4-1)18(17-13-7-8-14-17)16-11-5-2-6-12-16;2*7-6-4-2-1-3-5-6;1-2-4-6-5-3-1;;;;/h4*1-14H;2*2-5H;1-2,5-6H;;;;/q;;;;2*-1;-2;4*+2. The maximum absolute atomic E-state index is 3.29. The molecule has 0 spiro atoms. The Bertz CT molecular complexity index is 2980. The van der Waals surface area contributed by atoms with E-state index in [1.54, 1.807) is 0 Å². The number of hydrogen-bond acceptors (Lipinski definition) is 0. The average molecular weight is 1890 g/mol. The summed E-state index contributed by atoms with van der Waals surface area (Å²) in [6.07, 6.45) is 34.8. The molecule has 0 aromatic heterocycles. The van der Waals surface area contributed by atoms with Gasteiger partial charge in [-0.1, -0.05) is 283 Å². The van der Waals surface area contributed by atoms with E-state index in [2.05, 4.69) is 402 Å². The minimum atomic E-state index is -0.409. The molecule has 0 nitrogen and oxygen atoms in total. The molecule has 96 heavy (non-hydrogen) atoms. The third-order valence-electron chi connectivity index (χ3n) is 13.6. The van der Waals surface area contributed by atoms with E-state index < -0.39 is 31.7 Å². The summed E-state index contributed by atoms with van der Waals surface area (Å²) in [6, 6.07) is 120. The summed E-state index contributed by atoms with van der Waals surface area (Å²) in [5.41, 5.74) is 5.68. The van der Waals surface area contributed by atoms with E-state index >= 15 is 0 Å². The van der Waals surface area contributed by atoms with Gasteiger partial charge in [-0.2, -0.15) is 60.7 Å². The van der Waals surface area contributed by atoms with Gasteiger partial charge in [-0.05, 0) is 177 Å². The number of hydrogen-bond donors (Lipinski definition) is 0. The van der Waals surface area contributed by atoms with Crippen LogP contribution in [0.4, 0.5) is 0 Å². The zero-order valence-electron chi connectivity index (χ0n) is 52.1. The van der Waals surface area contributed by atoms with Crippen LogP contribution in [0, 0.1) is 150 Å². The summed E-state index contributed by atoms with van der Waals surface area (Å²) in [5, 5.41) is 11.3. The van der Waals surface area contributed by atoms with Crippen LogP contribution in [0.15, 0.2) is 324 Å². The minimum absolute atomic E-state index is 0. The SMILES string of the molecule is Brc1cc[c-]cc1.Brc1cc[c-]cc1.[CH]1[CH][CH][C](P(c2ccccc2)c2ccccc2)[CH]1.[CH]1[CH][CH][C](P(c2ccccc2)c2ccccc2)[CH]1.[CH]1[CH][CH][C](P(c2ccccc2)c2ccccc2)[CH]1.[CH]1[CH][CH][C](P(c2ccccc2)c2ccccc2)[CH]1.[Fe+2].[Fe+2].[Pt+2].[Pt+2].[c-]1cc[c-]cc1. The fraction of sp³-hybridized carbons (Fsp3) is 0. The Morgan fingerprint density at radius 2 is 0.323 bits per heavy atom. The second kappa shape index (κ2) is 50.0. The van der Waals surface area contributed by atoms with Crippen molar-refractivity contribution in [2.45, 2.75) is 0 Å². The second-order valence-electron chi connectivity index (χ2n) is 20.0. The molecule has 4 aliphatic carbocycles. The van der Waals surface area contributed by atoms with Gasteiger partial charge in [0.2, 0.25) is 0 Å². The van der Waals surface area contributed by atoms with Gasteiger partial charge in [0.15, 0.2) is 0 Å². The molecule has 15 rings (SSSR count). The average Bonchev–Trinajstić information content (AvgIpc) is 2.09. The quantitative estimate of drug-likeness (QED) is 0.0650. The molecule has 10 heteroatoms. The molecule has 0 amide bonds. The summed E-state index contributed by atoms with van der Waals surface area (Å²) in [4.78, 5) is 0. The Hall–Kier alpha value is -3.48. The fourth-order valence-electron chi connectivity index (χ4n) is 9.49. The Kier molecular flexibility index (Phi) is 43.3. The van der Waals surface area contributed by atoms with Crippen molar-refractivity contribution in [3.63, 3.8) is 0 Å². The van der Waals surface area contributed by atoms with E-state index in [9.17, 15) is 0 Å². The molecule has 4 saturated carbocycles. The van der Waals surface area contributed by atoms with Gasteiger partial charge in [-0.15, -0.1) is 0 Å². The van der Waals surface area contributed by atoms with E-state index in [0.717, 1.165) is 8.95 Å². The van der Waals surface area contributed by atoms with Gasteiger partial charge < -0.3 is 12.1 Å². The Balaban J connectivity index is 0.000000208. The van der Waals surface area contributed by atoms with E-state index in [0.29, 0.717) is 0 Å². The van der Waals surface area contributed by atoms with Crippen molar-refractivity contribution in [1.82, 2.24) is 0 Å². The summed E-state index contributed by atoms with van der Waals surface area (Å²) in [6.45, 7) is 0. The van der Waals surface area contributed by atoms with Gasteiger partial charge in [0.25, 0.3) is 0 Å². The molecule has 0 bridgehead atoms. The molecule has 0 atom stereocenters. The Labute approximate surface area is 649 Å².